The van der Waals surface area contributed by atoms with Crippen LogP contribution in [0.4, 0.5) is 0 Å². The van der Waals surface area contributed by atoms with Crippen molar-refractivity contribution in [3.8, 4) is 0 Å². The molecule has 2 aromatic rings. The summed E-state index contributed by atoms with van der Waals surface area (Å²) < 4.78 is 1.97. The van der Waals surface area contributed by atoms with Gasteiger partial charge < -0.3 is 5.73 Å². The fraction of sp³-hybridized carbons (Fsp3) is 0.471. The van der Waals surface area contributed by atoms with Gasteiger partial charge in [-0.1, -0.05) is 24.3 Å². The highest BCUT2D eigenvalue weighted by Crippen LogP contribution is 2.38. The Morgan fingerprint density at radius 2 is 2.05 bits per heavy atom. The van der Waals surface area contributed by atoms with E-state index in [-0.39, 0.29) is 5.41 Å². The molecule has 3 rings (SSSR count). The fourth-order valence-corrected chi connectivity index (χ4v) is 3.40. The molecule has 0 amide bonds. The number of nitrogens with zero attached hydrogens (tertiary/aromatic N) is 2. The van der Waals surface area contributed by atoms with E-state index in [9.17, 15) is 0 Å². The molecule has 3 heteroatoms. The van der Waals surface area contributed by atoms with Crippen LogP contribution in [0.3, 0.4) is 0 Å². The molecular formula is C17H23N3. The van der Waals surface area contributed by atoms with Crippen molar-refractivity contribution in [3.05, 3.63) is 53.3 Å². The second kappa shape index (κ2) is 5.41. The van der Waals surface area contributed by atoms with Crippen molar-refractivity contribution in [2.75, 3.05) is 6.54 Å². The van der Waals surface area contributed by atoms with E-state index in [2.05, 4.69) is 35.4 Å². The summed E-state index contributed by atoms with van der Waals surface area (Å²) in [6.45, 7) is 0.777. The molecule has 0 saturated heterocycles. The highest BCUT2D eigenvalue weighted by molar-refractivity contribution is 5.31. The summed E-state index contributed by atoms with van der Waals surface area (Å²) in [5, 5.41) is 4.25. The standard InChI is InChI=1S/C17H23N3/c1-20-16(8-11-19-20)7-10-17(13-18)9-6-14-4-2-3-5-15(14)12-17/h2-5,8,11H,6-7,9-10,12-13,18H2,1H3. The molecule has 1 aliphatic carbocycles. The summed E-state index contributed by atoms with van der Waals surface area (Å²) in [5.41, 5.74) is 10.7. The van der Waals surface area contributed by atoms with Gasteiger partial charge in [-0.05, 0) is 61.3 Å². The van der Waals surface area contributed by atoms with E-state index in [1.54, 1.807) is 0 Å². The van der Waals surface area contributed by atoms with Crippen molar-refractivity contribution < 1.29 is 0 Å². The molecule has 0 spiro atoms. The summed E-state index contributed by atoms with van der Waals surface area (Å²) in [6.07, 6.45) is 7.59. The van der Waals surface area contributed by atoms with Gasteiger partial charge in [0, 0.05) is 18.9 Å². The van der Waals surface area contributed by atoms with E-state index < -0.39 is 0 Å². The smallest absolute Gasteiger partial charge is 0.0492 e. The normalized spacial score (nSPS) is 21.7. The predicted octanol–water partition coefficient (Wildman–Crippen LogP) is 2.49. The Morgan fingerprint density at radius 1 is 1.25 bits per heavy atom. The van der Waals surface area contributed by atoms with E-state index in [0.717, 1.165) is 25.8 Å². The van der Waals surface area contributed by atoms with Crippen molar-refractivity contribution in [1.82, 2.24) is 9.78 Å². The van der Waals surface area contributed by atoms with Crippen molar-refractivity contribution in [2.45, 2.75) is 32.1 Å². The average molecular weight is 269 g/mol. The van der Waals surface area contributed by atoms with E-state index in [1.807, 2.05) is 17.9 Å². The van der Waals surface area contributed by atoms with Crippen LogP contribution in [0.1, 0.15) is 29.7 Å². The second-order valence-corrected chi connectivity index (χ2v) is 6.10. The third-order valence-electron chi connectivity index (χ3n) is 4.88. The lowest BCUT2D eigenvalue weighted by atomic mass is 9.69. The van der Waals surface area contributed by atoms with Gasteiger partial charge in [-0.3, -0.25) is 4.68 Å². The van der Waals surface area contributed by atoms with Gasteiger partial charge in [-0.15, -0.1) is 0 Å². The van der Waals surface area contributed by atoms with Gasteiger partial charge >= 0.3 is 0 Å². The van der Waals surface area contributed by atoms with Gasteiger partial charge in [0.2, 0.25) is 0 Å². The Balaban J connectivity index is 1.75. The molecular weight excluding hydrogens is 246 g/mol. The summed E-state index contributed by atoms with van der Waals surface area (Å²) in [6, 6.07) is 10.9. The van der Waals surface area contributed by atoms with Crippen molar-refractivity contribution in [2.24, 2.45) is 18.2 Å². The van der Waals surface area contributed by atoms with Crippen LogP contribution in [0.15, 0.2) is 36.5 Å². The minimum Gasteiger partial charge on any atom is -0.330 e. The molecule has 2 N–H and O–H groups in total. The molecule has 20 heavy (non-hydrogen) atoms. The average Bonchev–Trinajstić information content (AvgIpc) is 2.90. The lowest BCUT2D eigenvalue weighted by Gasteiger charge is -2.37. The first-order valence-corrected chi connectivity index (χ1v) is 7.46. The number of hydrogen-bond acceptors (Lipinski definition) is 2. The topological polar surface area (TPSA) is 43.8 Å². The lowest BCUT2D eigenvalue weighted by molar-refractivity contribution is 0.233. The number of aryl methyl sites for hydroxylation is 3. The number of rotatable bonds is 4. The lowest BCUT2D eigenvalue weighted by Crippen LogP contribution is -2.37. The van der Waals surface area contributed by atoms with E-state index in [0.29, 0.717) is 0 Å². The van der Waals surface area contributed by atoms with Crippen LogP contribution in [-0.4, -0.2) is 16.3 Å². The van der Waals surface area contributed by atoms with Crippen molar-refractivity contribution in [1.29, 1.82) is 0 Å². The SMILES string of the molecule is Cn1nccc1CCC1(CN)CCc2ccccc2C1. The quantitative estimate of drug-likeness (QED) is 0.926. The van der Waals surface area contributed by atoms with Gasteiger partial charge in [0.15, 0.2) is 0 Å². The second-order valence-electron chi connectivity index (χ2n) is 6.10. The van der Waals surface area contributed by atoms with Crippen LogP contribution >= 0.6 is 0 Å². The molecule has 1 aromatic carbocycles. The number of fused-ring (bicyclic) bond motifs is 1. The van der Waals surface area contributed by atoms with E-state index >= 15 is 0 Å². The molecule has 106 valence electrons. The van der Waals surface area contributed by atoms with E-state index in [1.165, 1.54) is 29.7 Å². The Bertz CT molecular complexity index is 587. The Hall–Kier alpha value is -1.61. The first kappa shape index (κ1) is 13.4. The molecule has 3 nitrogen and oxygen atoms in total. The first-order valence-electron chi connectivity index (χ1n) is 7.46. The summed E-state index contributed by atoms with van der Waals surface area (Å²) in [7, 11) is 2.01. The molecule has 1 aromatic heterocycles. The fourth-order valence-electron chi connectivity index (χ4n) is 3.40. The third-order valence-corrected chi connectivity index (χ3v) is 4.88. The highest BCUT2D eigenvalue weighted by atomic mass is 15.2. The first-order chi connectivity index (χ1) is 9.72. The molecule has 0 radical (unpaired) electrons. The molecule has 1 heterocycles. The Labute approximate surface area is 120 Å². The van der Waals surface area contributed by atoms with Gasteiger partial charge in [0.05, 0.1) is 0 Å². The largest absolute Gasteiger partial charge is 0.330 e. The van der Waals surface area contributed by atoms with Gasteiger partial charge in [-0.25, -0.2) is 0 Å². The van der Waals surface area contributed by atoms with Crippen LogP contribution in [-0.2, 0) is 26.3 Å². The Morgan fingerprint density at radius 3 is 2.75 bits per heavy atom. The maximum atomic E-state index is 6.15. The van der Waals surface area contributed by atoms with Gasteiger partial charge in [-0.2, -0.15) is 5.10 Å². The summed E-state index contributed by atoms with van der Waals surface area (Å²) in [4.78, 5) is 0. The third kappa shape index (κ3) is 2.50. The molecule has 0 bridgehead atoms. The van der Waals surface area contributed by atoms with Crippen LogP contribution in [0.25, 0.3) is 0 Å². The molecule has 0 fully saturated rings. The van der Waals surface area contributed by atoms with Crippen LogP contribution < -0.4 is 5.73 Å². The molecule has 1 aliphatic rings. The number of benzene rings is 1. The predicted molar refractivity (Wildman–Crippen MR) is 81.5 cm³/mol. The van der Waals surface area contributed by atoms with Gasteiger partial charge in [0.1, 0.15) is 0 Å². The Kier molecular flexibility index (Phi) is 3.62. The minimum atomic E-state index is 0.263. The molecule has 1 atom stereocenters. The summed E-state index contributed by atoms with van der Waals surface area (Å²) >= 11 is 0. The number of aromatic nitrogens is 2. The van der Waals surface area contributed by atoms with Crippen molar-refractivity contribution >= 4 is 0 Å². The zero-order chi connectivity index (χ0) is 14.0. The van der Waals surface area contributed by atoms with Crippen LogP contribution in [0.2, 0.25) is 0 Å². The zero-order valence-corrected chi connectivity index (χ0v) is 12.2. The molecule has 0 saturated carbocycles. The minimum absolute atomic E-state index is 0.263. The monoisotopic (exact) mass is 269 g/mol. The van der Waals surface area contributed by atoms with Crippen LogP contribution in [0, 0.1) is 5.41 Å². The van der Waals surface area contributed by atoms with Crippen molar-refractivity contribution in [3.63, 3.8) is 0 Å². The zero-order valence-electron chi connectivity index (χ0n) is 12.2. The number of nitrogens with two attached hydrogens (primary N) is 1. The summed E-state index contributed by atoms with van der Waals surface area (Å²) in [5.74, 6) is 0. The van der Waals surface area contributed by atoms with Crippen LogP contribution in [0.5, 0.6) is 0 Å². The van der Waals surface area contributed by atoms with E-state index in [4.69, 9.17) is 5.73 Å². The maximum absolute atomic E-state index is 6.15. The molecule has 0 aliphatic heterocycles. The highest BCUT2D eigenvalue weighted by Gasteiger charge is 2.32. The molecule has 1 unspecified atom stereocenters. The van der Waals surface area contributed by atoms with Gasteiger partial charge in [0.25, 0.3) is 0 Å². The number of hydrogen-bond donors (Lipinski definition) is 1. The maximum Gasteiger partial charge on any atom is 0.0492 e.